The highest BCUT2D eigenvalue weighted by Gasteiger charge is 2.19. The number of furan rings is 1. The smallest absolute Gasteiger partial charge is 0.160 e. The van der Waals surface area contributed by atoms with Crippen LogP contribution < -0.4 is 0 Å². The molecule has 10 rings (SSSR count). The average Bonchev–Trinajstić information content (AvgIpc) is 3.76. The van der Waals surface area contributed by atoms with Gasteiger partial charge >= 0.3 is 0 Å². The summed E-state index contributed by atoms with van der Waals surface area (Å²) in [6.07, 6.45) is 0. The summed E-state index contributed by atoms with van der Waals surface area (Å²) in [6.45, 7) is 2.16. The Morgan fingerprint density at radius 3 is 1.91 bits per heavy atom. The highest BCUT2D eigenvalue weighted by Crippen LogP contribution is 2.41. The maximum Gasteiger partial charge on any atom is 0.160 e. The zero-order chi connectivity index (χ0) is 30.4. The van der Waals surface area contributed by atoms with E-state index < -0.39 is 0 Å². The van der Waals surface area contributed by atoms with Gasteiger partial charge in [-0.1, -0.05) is 90.5 Å². The fourth-order valence-corrected chi connectivity index (χ4v) is 7.47. The molecule has 0 saturated heterocycles. The van der Waals surface area contributed by atoms with Gasteiger partial charge in [-0.15, -0.1) is 0 Å². The van der Waals surface area contributed by atoms with Crippen LogP contribution >= 0.6 is 0 Å². The number of aromatic nitrogens is 2. The minimum absolute atomic E-state index is 0.911. The van der Waals surface area contributed by atoms with E-state index in [-0.39, 0.29) is 0 Å². The highest BCUT2D eigenvalue weighted by atomic mass is 16.3. The van der Waals surface area contributed by atoms with Gasteiger partial charge in [-0.05, 0) is 84.8 Å². The summed E-state index contributed by atoms with van der Waals surface area (Å²) >= 11 is 0. The molecule has 3 heteroatoms. The summed E-state index contributed by atoms with van der Waals surface area (Å²) in [4.78, 5) is 0. The number of rotatable bonds is 3. The molecule has 0 aliphatic rings. The first-order valence-corrected chi connectivity index (χ1v) is 15.8. The quantitative estimate of drug-likeness (QED) is 0.201. The normalized spacial score (nSPS) is 12.0. The first kappa shape index (κ1) is 25.3. The van der Waals surface area contributed by atoms with Crippen LogP contribution in [0.2, 0.25) is 0 Å². The Labute approximate surface area is 265 Å². The molecule has 0 radical (unpaired) electrons. The second kappa shape index (κ2) is 9.47. The Morgan fingerprint density at radius 1 is 0.413 bits per heavy atom. The maximum atomic E-state index is 6.57. The van der Waals surface area contributed by atoms with Crippen molar-refractivity contribution in [3.8, 4) is 22.5 Å². The van der Waals surface area contributed by atoms with Gasteiger partial charge in [0.2, 0.25) is 0 Å². The van der Waals surface area contributed by atoms with Crippen molar-refractivity contribution in [3.63, 3.8) is 0 Å². The lowest BCUT2D eigenvalue weighted by Crippen LogP contribution is -1.94. The molecule has 0 atom stereocenters. The number of para-hydroxylation sites is 3. The van der Waals surface area contributed by atoms with Crippen molar-refractivity contribution < 1.29 is 4.42 Å². The van der Waals surface area contributed by atoms with E-state index in [1.54, 1.807) is 0 Å². The van der Waals surface area contributed by atoms with Gasteiger partial charge < -0.3 is 13.6 Å². The van der Waals surface area contributed by atoms with Gasteiger partial charge in [-0.25, -0.2) is 0 Å². The standard InChI is InChI=1S/C43H28N2O/c1-27-15-23-39-36(25-27)32-11-5-7-13-38(32)44(39)31-19-16-28(17-20-31)29-18-24-40-37(26-29)34-21-22-35-33-12-6-8-14-41(33)46-43(35)42(34)45(40)30-9-3-2-4-10-30/h2-26H,1H3. The van der Waals surface area contributed by atoms with Gasteiger partial charge in [0.05, 0.1) is 22.1 Å². The van der Waals surface area contributed by atoms with Crippen LogP contribution in [0.15, 0.2) is 156 Å². The molecule has 0 unspecified atom stereocenters. The second-order valence-corrected chi connectivity index (χ2v) is 12.3. The number of benzene rings is 7. The third-order valence-electron chi connectivity index (χ3n) is 9.57. The lowest BCUT2D eigenvalue weighted by atomic mass is 10.0. The van der Waals surface area contributed by atoms with Crippen LogP contribution in [0.4, 0.5) is 0 Å². The van der Waals surface area contributed by atoms with E-state index in [0.29, 0.717) is 0 Å². The van der Waals surface area contributed by atoms with Gasteiger partial charge in [-0.3, -0.25) is 0 Å². The largest absolute Gasteiger partial charge is 0.454 e. The van der Waals surface area contributed by atoms with E-state index in [4.69, 9.17) is 4.42 Å². The lowest BCUT2D eigenvalue weighted by Gasteiger charge is -2.10. The molecule has 3 heterocycles. The summed E-state index contributed by atoms with van der Waals surface area (Å²) in [5, 5.41) is 7.25. The van der Waals surface area contributed by atoms with Crippen molar-refractivity contribution in [2.75, 3.05) is 0 Å². The molecule has 0 N–H and O–H groups in total. The summed E-state index contributed by atoms with van der Waals surface area (Å²) in [5.41, 5.74) is 12.5. The fourth-order valence-electron chi connectivity index (χ4n) is 7.47. The Morgan fingerprint density at radius 2 is 1.04 bits per heavy atom. The predicted octanol–water partition coefficient (Wildman–Crippen LogP) is 11.8. The molecule has 7 aromatic carbocycles. The molecule has 46 heavy (non-hydrogen) atoms. The zero-order valence-corrected chi connectivity index (χ0v) is 25.2. The minimum atomic E-state index is 0.911. The second-order valence-electron chi connectivity index (χ2n) is 12.3. The van der Waals surface area contributed by atoms with E-state index in [0.717, 1.165) is 44.3 Å². The number of hydrogen-bond donors (Lipinski definition) is 0. The van der Waals surface area contributed by atoms with Gasteiger partial charge in [0, 0.05) is 43.7 Å². The number of fused-ring (bicyclic) bond motifs is 10. The number of nitrogens with zero attached hydrogens (tertiary/aromatic N) is 2. The topological polar surface area (TPSA) is 23.0 Å². The Hall–Kier alpha value is -6.06. The third-order valence-corrected chi connectivity index (χ3v) is 9.57. The SMILES string of the molecule is Cc1ccc2c(c1)c1ccccc1n2-c1ccc(-c2ccc3c(c2)c2ccc4c5ccccc5oc4c2n3-c2ccccc2)cc1. The van der Waals surface area contributed by atoms with Crippen LogP contribution in [0.5, 0.6) is 0 Å². The first-order chi connectivity index (χ1) is 22.7. The molecule has 0 spiro atoms. The lowest BCUT2D eigenvalue weighted by molar-refractivity contribution is 0.671. The molecule has 0 amide bonds. The molecular weight excluding hydrogens is 560 g/mol. The number of hydrogen-bond acceptors (Lipinski definition) is 1. The molecule has 3 nitrogen and oxygen atoms in total. The van der Waals surface area contributed by atoms with E-state index in [2.05, 4.69) is 162 Å². The van der Waals surface area contributed by atoms with Crippen molar-refractivity contribution in [3.05, 3.63) is 157 Å². The number of aryl methyl sites for hydroxylation is 1. The molecular formula is C43H28N2O. The van der Waals surface area contributed by atoms with Crippen LogP contribution in [0.3, 0.4) is 0 Å². The molecule has 10 aromatic rings. The molecule has 0 bridgehead atoms. The molecule has 216 valence electrons. The third kappa shape index (κ3) is 3.54. The molecule has 0 fully saturated rings. The Kier molecular flexibility index (Phi) is 5.20. The predicted molar refractivity (Wildman–Crippen MR) is 193 cm³/mol. The van der Waals surface area contributed by atoms with Crippen LogP contribution in [0, 0.1) is 6.92 Å². The van der Waals surface area contributed by atoms with Crippen molar-refractivity contribution in [2.45, 2.75) is 6.92 Å². The Balaban J connectivity index is 1.17. The average molecular weight is 589 g/mol. The van der Waals surface area contributed by atoms with Gasteiger partial charge in [0.15, 0.2) is 5.58 Å². The first-order valence-electron chi connectivity index (χ1n) is 15.8. The maximum absolute atomic E-state index is 6.57. The Bertz CT molecular complexity index is 2790. The van der Waals surface area contributed by atoms with Gasteiger partial charge in [0.1, 0.15) is 5.58 Å². The van der Waals surface area contributed by atoms with E-state index >= 15 is 0 Å². The van der Waals surface area contributed by atoms with Crippen LogP contribution in [-0.2, 0) is 0 Å². The molecule has 0 saturated carbocycles. The van der Waals surface area contributed by atoms with Crippen LogP contribution in [0.25, 0.3) is 88.1 Å². The van der Waals surface area contributed by atoms with Crippen molar-refractivity contribution >= 4 is 65.6 Å². The summed E-state index contributed by atoms with van der Waals surface area (Å²) in [6, 6.07) is 54.7. The van der Waals surface area contributed by atoms with E-state index in [9.17, 15) is 0 Å². The van der Waals surface area contributed by atoms with Gasteiger partial charge in [0.25, 0.3) is 0 Å². The summed E-state index contributed by atoms with van der Waals surface area (Å²) in [7, 11) is 0. The van der Waals surface area contributed by atoms with Crippen LogP contribution in [0.1, 0.15) is 5.56 Å². The monoisotopic (exact) mass is 588 g/mol. The van der Waals surface area contributed by atoms with Crippen molar-refractivity contribution in [1.82, 2.24) is 9.13 Å². The van der Waals surface area contributed by atoms with Gasteiger partial charge in [-0.2, -0.15) is 0 Å². The molecule has 0 aliphatic heterocycles. The van der Waals surface area contributed by atoms with Crippen molar-refractivity contribution in [2.24, 2.45) is 0 Å². The van der Waals surface area contributed by atoms with E-state index in [1.807, 2.05) is 6.07 Å². The van der Waals surface area contributed by atoms with Crippen molar-refractivity contribution in [1.29, 1.82) is 0 Å². The molecule has 3 aromatic heterocycles. The van der Waals surface area contributed by atoms with Crippen LogP contribution in [-0.4, -0.2) is 9.13 Å². The summed E-state index contributed by atoms with van der Waals surface area (Å²) < 4.78 is 11.3. The highest BCUT2D eigenvalue weighted by molar-refractivity contribution is 6.22. The molecule has 0 aliphatic carbocycles. The minimum Gasteiger partial charge on any atom is -0.454 e. The summed E-state index contributed by atoms with van der Waals surface area (Å²) in [5.74, 6) is 0. The zero-order valence-electron chi connectivity index (χ0n) is 25.2. The van der Waals surface area contributed by atoms with E-state index in [1.165, 1.54) is 49.3 Å². The fraction of sp³-hybridized carbons (Fsp3) is 0.0233.